The van der Waals surface area contributed by atoms with Crippen molar-refractivity contribution in [2.24, 2.45) is 0 Å². The Morgan fingerprint density at radius 2 is 1.84 bits per heavy atom. The highest BCUT2D eigenvalue weighted by Gasteiger charge is 2.15. The van der Waals surface area contributed by atoms with E-state index in [4.69, 9.17) is 0 Å². The van der Waals surface area contributed by atoms with Crippen LogP contribution >= 0.6 is 39.0 Å². The zero-order chi connectivity index (χ0) is 12.8. The molecule has 0 N–H and O–H groups in total. The molecule has 0 atom stereocenters. The third kappa shape index (κ3) is 1.77. The van der Waals surface area contributed by atoms with Gasteiger partial charge in [0.15, 0.2) is 0 Å². The van der Waals surface area contributed by atoms with Crippen LogP contribution in [0.4, 0.5) is 0 Å². The van der Waals surface area contributed by atoms with E-state index in [0.29, 0.717) is 0 Å². The highest BCUT2D eigenvalue weighted by molar-refractivity contribution is 9.11. The number of thiophene rings is 1. The summed E-state index contributed by atoms with van der Waals surface area (Å²) in [5.41, 5.74) is 4.51. The molecule has 0 aliphatic heterocycles. The molecule has 0 bridgehead atoms. The molecular weight excluding hydrogens is 344 g/mol. The predicted molar refractivity (Wildman–Crippen MR) is 81.5 cm³/mol. The molecule has 0 spiro atoms. The van der Waals surface area contributed by atoms with E-state index >= 15 is 0 Å². The molecule has 4 nitrogen and oxygen atoms in total. The quantitative estimate of drug-likeness (QED) is 0.519. The summed E-state index contributed by atoms with van der Waals surface area (Å²) in [6.45, 7) is 0. The van der Waals surface area contributed by atoms with Crippen molar-refractivity contribution in [3.8, 4) is 10.4 Å². The van der Waals surface area contributed by atoms with E-state index in [9.17, 15) is 0 Å². The van der Waals surface area contributed by atoms with E-state index in [-0.39, 0.29) is 0 Å². The van der Waals surface area contributed by atoms with Gasteiger partial charge in [-0.1, -0.05) is 0 Å². The fraction of sp³-hybridized carbons (Fsp3) is 0. The summed E-state index contributed by atoms with van der Waals surface area (Å²) in [7, 11) is 0. The van der Waals surface area contributed by atoms with E-state index in [2.05, 4.69) is 40.7 Å². The number of fused-ring (bicyclic) bond motifs is 2. The van der Waals surface area contributed by atoms with Gasteiger partial charge in [-0.3, -0.25) is 9.97 Å². The van der Waals surface area contributed by atoms with Crippen molar-refractivity contribution in [3.05, 3.63) is 34.4 Å². The number of halogens is 1. The molecule has 0 saturated carbocycles. The van der Waals surface area contributed by atoms with Gasteiger partial charge in [0.2, 0.25) is 0 Å². The van der Waals surface area contributed by atoms with Gasteiger partial charge >= 0.3 is 0 Å². The minimum Gasteiger partial charge on any atom is -0.253 e. The van der Waals surface area contributed by atoms with Crippen LogP contribution in [0.25, 0.3) is 32.5 Å². The average Bonchev–Trinajstić information content (AvgIpc) is 3.04. The largest absolute Gasteiger partial charge is 0.253 e. The minimum atomic E-state index is 0.849. The lowest BCUT2D eigenvalue weighted by atomic mass is 10.1. The second-order valence-corrected chi connectivity index (χ2v) is 6.90. The van der Waals surface area contributed by atoms with E-state index in [1.54, 1.807) is 23.7 Å². The van der Waals surface area contributed by atoms with E-state index < -0.39 is 0 Å². The van der Waals surface area contributed by atoms with Gasteiger partial charge in [-0.25, -0.2) is 0 Å². The zero-order valence-electron chi connectivity index (χ0n) is 9.37. The predicted octanol–water partition coefficient (Wildman–Crippen LogP) is 4.13. The summed E-state index contributed by atoms with van der Waals surface area (Å²) in [6.07, 6.45) is 3.40. The third-order valence-corrected chi connectivity index (χ3v) is 4.99. The van der Waals surface area contributed by atoms with Gasteiger partial charge in [-0.05, 0) is 34.1 Å². The molecule has 1 aromatic carbocycles. The third-order valence-electron chi connectivity index (χ3n) is 2.81. The van der Waals surface area contributed by atoms with Crippen LogP contribution in [0.1, 0.15) is 0 Å². The first kappa shape index (κ1) is 11.4. The number of hydrogen-bond acceptors (Lipinski definition) is 6. The molecule has 0 radical (unpaired) electrons. The fourth-order valence-corrected chi connectivity index (χ4v) is 4.00. The van der Waals surface area contributed by atoms with Crippen LogP contribution in [-0.4, -0.2) is 18.7 Å². The normalized spacial score (nSPS) is 11.4. The van der Waals surface area contributed by atoms with Gasteiger partial charge in [-0.2, -0.15) is 8.75 Å². The second-order valence-electron chi connectivity index (χ2n) is 3.91. The van der Waals surface area contributed by atoms with Gasteiger partial charge in [-0.15, -0.1) is 11.3 Å². The van der Waals surface area contributed by atoms with Crippen LogP contribution in [0.3, 0.4) is 0 Å². The van der Waals surface area contributed by atoms with E-state index in [1.165, 1.54) is 11.7 Å². The zero-order valence-corrected chi connectivity index (χ0v) is 12.6. The van der Waals surface area contributed by atoms with Crippen LogP contribution < -0.4 is 0 Å². The van der Waals surface area contributed by atoms with Crippen molar-refractivity contribution in [3.63, 3.8) is 0 Å². The summed E-state index contributed by atoms with van der Waals surface area (Å²) >= 11 is 6.37. The van der Waals surface area contributed by atoms with Crippen molar-refractivity contribution >= 4 is 61.1 Å². The maximum absolute atomic E-state index is 4.46. The molecular formula is C12H5BrN4S2. The molecule has 92 valence electrons. The molecule has 0 aliphatic carbocycles. The fourth-order valence-electron chi connectivity index (χ4n) is 2.03. The minimum absolute atomic E-state index is 0.849. The molecule has 19 heavy (non-hydrogen) atoms. The Morgan fingerprint density at radius 1 is 0.947 bits per heavy atom. The maximum Gasteiger partial charge on any atom is 0.115 e. The number of aromatic nitrogens is 4. The molecule has 0 amide bonds. The topological polar surface area (TPSA) is 51.6 Å². The van der Waals surface area contributed by atoms with Crippen LogP contribution in [0.5, 0.6) is 0 Å². The highest BCUT2D eigenvalue weighted by Crippen LogP contribution is 2.38. The summed E-state index contributed by atoms with van der Waals surface area (Å²) < 4.78 is 9.81. The van der Waals surface area contributed by atoms with Crippen LogP contribution in [0.2, 0.25) is 0 Å². The molecule has 3 heterocycles. The Hall–Kier alpha value is -1.44. The molecule has 0 fully saturated rings. The van der Waals surface area contributed by atoms with Crippen LogP contribution in [-0.2, 0) is 0 Å². The van der Waals surface area contributed by atoms with Gasteiger partial charge in [0, 0.05) is 22.8 Å². The Morgan fingerprint density at radius 3 is 2.68 bits per heavy atom. The van der Waals surface area contributed by atoms with Crippen molar-refractivity contribution in [2.75, 3.05) is 0 Å². The second kappa shape index (κ2) is 4.29. The van der Waals surface area contributed by atoms with Crippen LogP contribution in [0.15, 0.2) is 34.4 Å². The van der Waals surface area contributed by atoms with E-state index in [0.717, 1.165) is 36.3 Å². The maximum atomic E-state index is 4.46. The molecule has 0 unspecified atom stereocenters. The number of rotatable bonds is 1. The monoisotopic (exact) mass is 348 g/mol. The van der Waals surface area contributed by atoms with Gasteiger partial charge in [0.25, 0.3) is 0 Å². The molecule has 4 aromatic rings. The molecule has 7 heteroatoms. The Kier molecular flexibility index (Phi) is 2.57. The van der Waals surface area contributed by atoms with Crippen molar-refractivity contribution in [2.45, 2.75) is 0 Å². The summed E-state index contributed by atoms with van der Waals surface area (Å²) in [5.74, 6) is 0. The Labute approximate surface area is 124 Å². The Balaban J connectivity index is 2.22. The van der Waals surface area contributed by atoms with Crippen molar-refractivity contribution < 1.29 is 0 Å². The smallest absolute Gasteiger partial charge is 0.115 e. The number of hydrogen-bond donors (Lipinski definition) is 0. The molecule has 4 rings (SSSR count). The lowest BCUT2D eigenvalue weighted by molar-refractivity contribution is 1.30. The Bertz CT molecular complexity index is 899. The summed E-state index contributed by atoms with van der Waals surface area (Å²) in [5, 5.41) is 0. The van der Waals surface area contributed by atoms with E-state index in [1.807, 2.05) is 12.1 Å². The first-order valence-corrected chi connectivity index (χ1v) is 7.78. The first-order chi connectivity index (χ1) is 9.33. The molecule has 0 saturated heterocycles. The van der Waals surface area contributed by atoms with Gasteiger partial charge < -0.3 is 0 Å². The molecule has 3 aromatic heterocycles. The van der Waals surface area contributed by atoms with Gasteiger partial charge in [0.1, 0.15) is 11.0 Å². The van der Waals surface area contributed by atoms with Crippen molar-refractivity contribution in [1.29, 1.82) is 0 Å². The van der Waals surface area contributed by atoms with Gasteiger partial charge in [0.05, 0.1) is 26.5 Å². The lowest BCUT2D eigenvalue weighted by Gasteiger charge is -2.03. The SMILES string of the molecule is Brc1ccc(-c2c3nccnc3cc3nsnc23)s1. The standard InChI is InChI=1S/C12H5BrN4S2/c13-9-2-1-8(18-9)10-11-6(14-3-4-15-11)5-7-12(10)17-19-16-7/h1-5H. The average molecular weight is 349 g/mol. The number of nitrogens with zero attached hydrogens (tertiary/aromatic N) is 4. The first-order valence-electron chi connectivity index (χ1n) is 5.44. The highest BCUT2D eigenvalue weighted by atomic mass is 79.9. The lowest BCUT2D eigenvalue weighted by Crippen LogP contribution is -1.87. The number of benzene rings is 1. The summed E-state index contributed by atoms with van der Waals surface area (Å²) in [6, 6.07) is 6.03. The molecule has 0 aliphatic rings. The van der Waals surface area contributed by atoms with Crippen molar-refractivity contribution in [1.82, 2.24) is 18.7 Å². The summed E-state index contributed by atoms with van der Waals surface area (Å²) in [4.78, 5) is 9.95. The van der Waals surface area contributed by atoms with Crippen LogP contribution in [0, 0.1) is 0 Å².